The zero-order chi connectivity index (χ0) is 25.8. The van der Waals surface area contributed by atoms with Crippen LogP contribution in [-0.4, -0.2) is 37.0 Å². The first kappa shape index (κ1) is 25.2. The number of carbonyl (C=O) groups is 1. The van der Waals surface area contributed by atoms with Gasteiger partial charge in [-0.25, -0.2) is 0 Å². The molecule has 1 N–H and O–H groups in total. The maximum atomic E-state index is 11.1. The summed E-state index contributed by atoms with van der Waals surface area (Å²) in [7, 11) is 0. The van der Waals surface area contributed by atoms with Crippen LogP contribution in [0.4, 0.5) is 0 Å². The molecule has 3 aromatic carbocycles. The monoisotopic (exact) mass is 502 g/mol. The van der Waals surface area contributed by atoms with E-state index >= 15 is 0 Å². The van der Waals surface area contributed by atoms with Gasteiger partial charge in [-0.2, -0.15) is 0 Å². The van der Waals surface area contributed by atoms with Crippen LogP contribution in [0.2, 0.25) is 0 Å². The Bertz CT molecular complexity index is 1240. The van der Waals surface area contributed by atoms with Gasteiger partial charge in [-0.3, -0.25) is 4.79 Å². The number of aliphatic carboxylic acids is 1. The molecule has 0 saturated carbocycles. The second-order valence-corrected chi connectivity index (χ2v) is 10.0. The second-order valence-electron chi connectivity index (χ2n) is 10.0. The molecule has 0 aromatic heterocycles. The van der Waals surface area contributed by atoms with Crippen molar-refractivity contribution >= 4 is 5.97 Å². The minimum Gasteiger partial charge on any atom is -0.492 e. The van der Waals surface area contributed by atoms with E-state index in [1.807, 2.05) is 18.2 Å². The fraction of sp³-hybridized carbons (Fsp3) is 0.387. The predicted octanol–water partition coefficient (Wildman–Crippen LogP) is 6.45. The molecule has 2 aliphatic rings. The molecular formula is C31H34O6. The second kappa shape index (κ2) is 11.3. The van der Waals surface area contributed by atoms with E-state index in [9.17, 15) is 4.79 Å². The molecule has 0 radical (unpaired) electrons. The number of carboxylic acid groups (broad SMARTS) is 1. The Labute approximate surface area is 218 Å². The first-order chi connectivity index (χ1) is 18.0. The Hall–Kier alpha value is -3.51. The fourth-order valence-electron chi connectivity index (χ4n) is 5.30. The SMILES string of the molecule is Cc1cc(OC[C@H]2CCCCO2)cc(C)c1-c1cccc(COc2ccc3c(c2)OCC3CC(=O)O)c1. The van der Waals surface area contributed by atoms with Gasteiger partial charge in [-0.1, -0.05) is 24.3 Å². The number of fused-ring (bicyclic) bond motifs is 1. The zero-order valence-electron chi connectivity index (χ0n) is 21.5. The molecule has 2 atom stereocenters. The maximum absolute atomic E-state index is 11.1. The molecule has 0 amide bonds. The molecule has 37 heavy (non-hydrogen) atoms. The van der Waals surface area contributed by atoms with Crippen molar-refractivity contribution in [3.8, 4) is 28.4 Å². The molecule has 1 unspecified atom stereocenters. The van der Waals surface area contributed by atoms with Crippen LogP contribution in [0.15, 0.2) is 54.6 Å². The summed E-state index contributed by atoms with van der Waals surface area (Å²) in [5, 5.41) is 9.10. The van der Waals surface area contributed by atoms with E-state index in [1.165, 1.54) is 23.1 Å². The molecule has 2 aliphatic heterocycles. The van der Waals surface area contributed by atoms with Crippen LogP contribution < -0.4 is 14.2 Å². The summed E-state index contributed by atoms with van der Waals surface area (Å²) < 4.78 is 23.7. The molecule has 0 spiro atoms. The minimum absolute atomic E-state index is 0.0703. The van der Waals surface area contributed by atoms with E-state index in [0.29, 0.717) is 31.3 Å². The van der Waals surface area contributed by atoms with Gasteiger partial charge in [0.2, 0.25) is 0 Å². The van der Waals surface area contributed by atoms with Gasteiger partial charge < -0.3 is 24.1 Å². The Kier molecular flexibility index (Phi) is 7.65. The molecule has 0 aliphatic carbocycles. The Morgan fingerprint density at radius 2 is 1.84 bits per heavy atom. The van der Waals surface area contributed by atoms with Gasteiger partial charge in [0, 0.05) is 24.2 Å². The molecule has 5 rings (SSSR count). The highest BCUT2D eigenvalue weighted by molar-refractivity contribution is 5.72. The number of benzene rings is 3. The first-order valence-electron chi connectivity index (χ1n) is 13.0. The maximum Gasteiger partial charge on any atom is 0.304 e. The lowest BCUT2D eigenvalue weighted by molar-refractivity contribution is -0.137. The Morgan fingerprint density at radius 3 is 2.59 bits per heavy atom. The van der Waals surface area contributed by atoms with Gasteiger partial charge >= 0.3 is 5.97 Å². The molecular weight excluding hydrogens is 468 g/mol. The van der Waals surface area contributed by atoms with E-state index in [0.717, 1.165) is 41.9 Å². The van der Waals surface area contributed by atoms with Crippen LogP contribution >= 0.6 is 0 Å². The van der Waals surface area contributed by atoms with Gasteiger partial charge in [0.25, 0.3) is 0 Å². The van der Waals surface area contributed by atoms with E-state index in [2.05, 4.69) is 50.2 Å². The predicted molar refractivity (Wildman–Crippen MR) is 142 cm³/mol. The standard InChI is InChI=1S/C31H34O6/c1-20-12-27(36-19-26-8-3-4-11-34-26)13-21(2)31(20)23-7-5-6-22(14-23)17-35-25-9-10-28-24(15-30(32)33)18-37-29(28)16-25/h5-7,9-10,12-14,16,24,26H,3-4,8,11,15,17-19H2,1-2H3,(H,32,33)/t24?,26-/m1/s1. The normalized spacial score (nSPS) is 18.6. The number of aryl methyl sites for hydroxylation is 2. The highest BCUT2D eigenvalue weighted by Gasteiger charge is 2.26. The summed E-state index contributed by atoms with van der Waals surface area (Å²) >= 11 is 0. The van der Waals surface area contributed by atoms with E-state index in [4.69, 9.17) is 24.1 Å². The zero-order valence-corrected chi connectivity index (χ0v) is 21.5. The van der Waals surface area contributed by atoms with E-state index < -0.39 is 5.97 Å². The summed E-state index contributed by atoms with van der Waals surface area (Å²) in [4.78, 5) is 11.1. The quantitative estimate of drug-likeness (QED) is 0.363. The van der Waals surface area contributed by atoms with Crippen LogP contribution in [0, 0.1) is 13.8 Å². The van der Waals surface area contributed by atoms with Crippen LogP contribution in [0.1, 0.15) is 53.9 Å². The number of rotatable bonds is 9. The molecule has 1 saturated heterocycles. The number of hydrogen-bond donors (Lipinski definition) is 1. The largest absolute Gasteiger partial charge is 0.492 e. The van der Waals surface area contributed by atoms with Gasteiger partial charge in [0.15, 0.2) is 0 Å². The van der Waals surface area contributed by atoms with Crippen molar-refractivity contribution in [1.82, 2.24) is 0 Å². The van der Waals surface area contributed by atoms with Gasteiger partial charge in [0.1, 0.15) is 30.5 Å². The highest BCUT2D eigenvalue weighted by atomic mass is 16.5. The lowest BCUT2D eigenvalue weighted by Crippen LogP contribution is -2.25. The molecule has 0 bridgehead atoms. The van der Waals surface area contributed by atoms with Crippen molar-refractivity contribution in [3.05, 3.63) is 76.9 Å². The first-order valence-corrected chi connectivity index (χ1v) is 13.0. The molecule has 3 aromatic rings. The van der Waals surface area contributed by atoms with Crippen molar-refractivity contribution in [2.24, 2.45) is 0 Å². The fourth-order valence-corrected chi connectivity index (χ4v) is 5.30. The third-order valence-electron chi connectivity index (χ3n) is 7.12. The Morgan fingerprint density at radius 1 is 1.00 bits per heavy atom. The molecule has 194 valence electrons. The van der Waals surface area contributed by atoms with Crippen molar-refractivity contribution in [3.63, 3.8) is 0 Å². The van der Waals surface area contributed by atoms with Gasteiger partial charge in [0.05, 0.1) is 19.1 Å². The summed E-state index contributed by atoms with van der Waals surface area (Å²) in [6.45, 7) is 6.49. The number of ether oxygens (including phenoxy) is 4. The van der Waals surface area contributed by atoms with Crippen molar-refractivity contribution in [2.75, 3.05) is 19.8 Å². The lowest BCUT2D eigenvalue weighted by atomic mass is 9.94. The third kappa shape index (κ3) is 6.08. The lowest BCUT2D eigenvalue weighted by Gasteiger charge is -2.23. The van der Waals surface area contributed by atoms with Crippen molar-refractivity contribution in [1.29, 1.82) is 0 Å². The Balaban J connectivity index is 1.24. The summed E-state index contributed by atoms with van der Waals surface area (Å²) in [6.07, 6.45) is 3.67. The van der Waals surface area contributed by atoms with Crippen LogP contribution in [-0.2, 0) is 16.1 Å². The van der Waals surface area contributed by atoms with Crippen molar-refractivity contribution < 1.29 is 28.8 Å². The van der Waals surface area contributed by atoms with Gasteiger partial charge in [-0.15, -0.1) is 0 Å². The van der Waals surface area contributed by atoms with Crippen molar-refractivity contribution in [2.45, 2.75) is 58.2 Å². The topological polar surface area (TPSA) is 74.2 Å². The average Bonchev–Trinajstić information content (AvgIpc) is 3.28. The third-order valence-corrected chi connectivity index (χ3v) is 7.12. The van der Waals surface area contributed by atoms with Crippen LogP contribution in [0.5, 0.6) is 17.2 Å². The molecule has 2 heterocycles. The molecule has 6 heteroatoms. The average molecular weight is 503 g/mol. The minimum atomic E-state index is -0.816. The van der Waals surface area contributed by atoms with Gasteiger partial charge in [-0.05, 0) is 85.2 Å². The highest BCUT2D eigenvalue weighted by Crippen LogP contribution is 2.38. The smallest absolute Gasteiger partial charge is 0.304 e. The summed E-state index contributed by atoms with van der Waals surface area (Å²) in [5.41, 5.74) is 6.69. The molecule has 1 fully saturated rings. The van der Waals surface area contributed by atoms with Crippen LogP contribution in [0.25, 0.3) is 11.1 Å². The van der Waals surface area contributed by atoms with E-state index in [1.54, 1.807) is 0 Å². The molecule has 6 nitrogen and oxygen atoms in total. The van der Waals surface area contributed by atoms with Crippen LogP contribution in [0.3, 0.4) is 0 Å². The summed E-state index contributed by atoms with van der Waals surface area (Å²) in [5.74, 6) is 1.37. The number of carboxylic acids is 1. The summed E-state index contributed by atoms with van der Waals surface area (Å²) in [6, 6.07) is 18.3. The number of hydrogen-bond acceptors (Lipinski definition) is 5. The van der Waals surface area contributed by atoms with E-state index in [-0.39, 0.29) is 18.4 Å².